The van der Waals surface area contributed by atoms with E-state index in [1.165, 1.54) is 19.1 Å². The lowest BCUT2D eigenvalue weighted by Gasteiger charge is -2.34. The Morgan fingerprint density at radius 2 is 1.77 bits per heavy atom. The Morgan fingerprint density at radius 3 is 2.29 bits per heavy atom. The fraction of sp³-hybridized carbons (Fsp3) is 0.600. The van der Waals surface area contributed by atoms with Gasteiger partial charge in [0, 0.05) is 0 Å². The van der Waals surface area contributed by atoms with Gasteiger partial charge in [-0.05, 0) is 69.7 Å². The third kappa shape index (κ3) is 6.31. The lowest BCUT2D eigenvalue weighted by molar-refractivity contribution is -0.141. The highest BCUT2D eigenvalue weighted by atomic mass is 16.5. The van der Waals surface area contributed by atoms with Gasteiger partial charge in [0.15, 0.2) is 5.41 Å². The summed E-state index contributed by atoms with van der Waals surface area (Å²) in [4.78, 5) is 24.7. The van der Waals surface area contributed by atoms with E-state index in [4.69, 9.17) is 9.47 Å². The molecule has 6 nitrogen and oxygen atoms in total. The summed E-state index contributed by atoms with van der Waals surface area (Å²) in [5, 5.41) is 18.8. The highest BCUT2D eigenvalue weighted by Gasteiger charge is 2.36. The Balaban J connectivity index is 1.89. The third-order valence-electron chi connectivity index (χ3n) is 6.36. The zero-order valence-electron chi connectivity index (χ0n) is 18.8. The molecular weight excluding hydrogens is 392 g/mol. The van der Waals surface area contributed by atoms with Crippen LogP contribution in [0.3, 0.4) is 0 Å². The number of benzene rings is 1. The Bertz CT molecular complexity index is 842. The first-order chi connectivity index (χ1) is 14.8. The van der Waals surface area contributed by atoms with Gasteiger partial charge in [-0.1, -0.05) is 33.1 Å². The van der Waals surface area contributed by atoms with Crippen molar-refractivity contribution in [2.45, 2.75) is 84.7 Å². The minimum absolute atomic E-state index is 0.182. The number of unbranched alkanes of at least 4 members (excludes halogenated alkanes) is 2. The van der Waals surface area contributed by atoms with Gasteiger partial charge in [0.25, 0.3) is 0 Å². The van der Waals surface area contributed by atoms with Gasteiger partial charge >= 0.3 is 11.9 Å². The van der Waals surface area contributed by atoms with Crippen LogP contribution in [0.25, 0.3) is 0 Å². The third-order valence-corrected chi connectivity index (χ3v) is 6.36. The number of nitrogens with zero attached hydrogens (tertiary/aromatic N) is 2. The molecule has 0 amide bonds. The van der Waals surface area contributed by atoms with Crippen molar-refractivity contribution in [1.29, 1.82) is 10.5 Å². The second kappa shape index (κ2) is 11.0. The van der Waals surface area contributed by atoms with Gasteiger partial charge in [-0.15, -0.1) is 0 Å². The predicted octanol–water partition coefficient (Wildman–Crippen LogP) is 5.72. The topological polar surface area (TPSA) is 100 Å². The van der Waals surface area contributed by atoms with Crippen molar-refractivity contribution in [2.75, 3.05) is 0 Å². The SMILES string of the molecule is CCCCCC1(C#N)CCC(OC(=O)c2ccc(OC(=O)C(C)(C#N)CC)cc2)CC1. The Labute approximate surface area is 185 Å². The summed E-state index contributed by atoms with van der Waals surface area (Å²) in [6.07, 6.45) is 7.34. The molecule has 1 aromatic rings. The van der Waals surface area contributed by atoms with E-state index >= 15 is 0 Å². The van der Waals surface area contributed by atoms with E-state index < -0.39 is 17.4 Å². The van der Waals surface area contributed by atoms with Crippen molar-refractivity contribution in [3.05, 3.63) is 29.8 Å². The van der Waals surface area contributed by atoms with Crippen LogP contribution in [0, 0.1) is 33.5 Å². The maximum atomic E-state index is 12.5. The summed E-state index contributed by atoms with van der Waals surface area (Å²) in [5.41, 5.74) is -1.10. The van der Waals surface area contributed by atoms with Crippen LogP contribution in [0.5, 0.6) is 5.75 Å². The van der Waals surface area contributed by atoms with Gasteiger partial charge in [0.2, 0.25) is 0 Å². The molecule has 0 radical (unpaired) electrons. The van der Waals surface area contributed by atoms with Gasteiger partial charge in [0.1, 0.15) is 11.9 Å². The molecule has 0 aromatic heterocycles. The molecule has 6 heteroatoms. The van der Waals surface area contributed by atoms with E-state index in [1.807, 2.05) is 6.07 Å². The summed E-state index contributed by atoms with van der Waals surface area (Å²) in [5.74, 6) is -0.760. The first-order valence-corrected chi connectivity index (χ1v) is 11.2. The van der Waals surface area contributed by atoms with E-state index in [0.29, 0.717) is 24.8 Å². The normalized spacial score (nSPS) is 22.4. The van der Waals surface area contributed by atoms with Crippen LogP contribution in [0.4, 0.5) is 0 Å². The molecule has 1 aliphatic rings. The molecule has 1 saturated carbocycles. The van der Waals surface area contributed by atoms with Crippen molar-refractivity contribution in [3.8, 4) is 17.9 Å². The maximum absolute atomic E-state index is 12.5. The van der Waals surface area contributed by atoms with Crippen molar-refractivity contribution in [3.63, 3.8) is 0 Å². The molecule has 0 saturated heterocycles. The zero-order chi connectivity index (χ0) is 22.9. The molecule has 1 unspecified atom stereocenters. The Kier molecular flexibility index (Phi) is 8.63. The monoisotopic (exact) mass is 424 g/mol. The second-order valence-corrected chi connectivity index (χ2v) is 8.67. The summed E-state index contributed by atoms with van der Waals surface area (Å²) < 4.78 is 10.9. The Hall–Kier alpha value is -2.86. The standard InChI is InChI=1S/C25H32N2O4/c1-4-6-7-14-25(18-27)15-12-21(13-16-25)30-22(28)19-8-10-20(11-9-19)31-23(29)24(3,5-2)17-26/h8-11,21H,4-7,12-16H2,1-3H3. The fourth-order valence-corrected chi connectivity index (χ4v) is 3.76. The summed E-state index contributed by atoms with van der Waals surface area (Å²) in [6.45, 7) is 5.44. The number of hydrogen-bond acceptors (Lipinski definition) is 6. The van der Waals surface area contributed by atoms with Crippen LogP contribution in [-0.4, -0.2) is 18.0 Å². The van der Waals surface area contributed by atoms with Crippen LogP contribution >= 0.6 is 0 Å². The molecule has 31 heavy (non-hydrogen) atoms. The number of esters is 2. The van der Waals surface area contributed by atoms with E-state index in [-0.39, 0.29) is 17.3 Å². The van der Waals surface area contributed by atoms with E-state index in [0.717, 1.165) is 38.5 Å². The summed E-state index contributed by atoms with van der Waals surface area (Å²) >= 11 is 0. The first kappa shape index (κ1) is 24.4. The molecule has 2 rings (SSSR count). The first-order valence-electron chi connectivity index (χ1n) is 11.2. The highest BCUT2D eigenvalue weighted by Crippen LogP contribution is 2.41. The number of hydrogen-bond donors (Lipinski definition) is 0. The fourth-order valence-electron chi connectivity index (χ4n) is 3.76. The van der Waals surface area contributed by atoms with Crippen molar-refractivity contribution in [1.82, 2.24) is 0 Å². The lowest BCUT2D eigenvalue weighted by Crippen LogP contribution is -2.31. The smallest absolute Gasteiger partial charge is 0.338 e. The molecule has 1 fully saturated rings. The summed E-state index contributed by atoms with van der Waals surface area (Å²) in [6, 6.07) is 10.6. The molecule has 0 N–H and O–H groups in total. The average molecular weight is 425 g/mol. The molecule has 0 bridgehead atoms. The molecule has 166 valence electrons. The van der Waals surface area contributed by atoms with Crippen LogP contribution in [0.1, 0.15) is 88.9 Å². The van der Waals surface area contributed by atoms with Gasteiger partial charge in [-0.3, -0.25) is 0 Å². The number of carbonyl (C=O) groups excluding carboxylic acids is 2. The van der Waals surface area contributed by atoms with Crippen LogP contribution in [0.2, 0.25) is 0 Å². The van der Waals surface area contributed by atoms with Gasteiger partial charge in [-0.25, -0.2) is 9.59 Å². The van der Waals surface area contributed by atoms with Crippen LogP contribution < -0.4 is 4.74 Å². The van der Waals surface area contributed by atoms with Gasteiger partial charge in [0.05, 0.1) is 23.1 Å². The predicted molar refractivity (Wildman–Crippen MR) is 116 cm³/mol. The molecule has 0 spiro atoms. The lowest BCUT2D eigenvalue weighted by atomic mass is 9.71. The molecule has 0 aliphatic heterocycles. The maximum Gasteiger partial charge on any atom is 0.338 e. The van der Waals surface area contributed by atoms with Crippen molar-refractivity contribution >= 4 is 11.9 Å². The number of rotatable bonds is 9. The van der Waals surface area contributed by atoms with E-state index in [1.54, 1.807) is 19.1 Å². The number of ether oxygens (including phenoxy) is 2. The second-order valence-electron chi connectivity index (χ2n) is 8.67. The largest absolute Gasteiger partial charge is 0.459 e. The van der Waals surface area contributed by atoms with Crippen LogP contribution in [0.15, 0.2) is 24.3 Å². The molecule has 1 atom stereocenters. The van der Waals surface area contributed by atoms with Gasteiger partial charge in [-0.2, -0.15) is 10.5 Å². The molecule has 1 aliphatic carbocycles. The molecule has 0 heterocycles. The average Bonchev–Trinajstić information content (AvgIpc) is 2.80. The number of carbonyl (C=O) groups is 2. The minimum atomic E-state index is -1.20. The molecular formula is C25H32N2O4. The van der Waals surface area contributed by atoms with Crippen LogP contribution in [-0.2, 0) is 9.53 Å². The summed E-state index contributed by atoms with van der Waals surface area (Å²) in [7, 11) is 0. The van der Waals surface area contributed by atoms with Gasteiger partial charge < -0.3 is 9.47 Å². The van der Waals surface area contributed by atoms with E-state index in [9.17, 15) is 20.1 Å². The molecule has 1 aromatic carbocycles. The Morgan fingerprint density at radius 1 is 1.13 bits per heavy atom. The number of nitriles is 2. The van der Waals surface area contributed by atoms with Crippen molar-refractivity contribution in [2.24, 2.45) is 10.8 Å². The minimum Gasteiger partial charge on any atom is -0.459 e. The van der Waals surface area contributed by atoms with E-state index in [2.05, 4.69) is 13.0 Å². The highest BCUT2D eigenvalue weighted by molar-refractivity contribution is 5.90. The van der Waals surface area contributed by atoms with Crippen molar-refractivity contribution < 1.29 is 19.1 Å². The zero-order valence-corrected chi connectivity index (χ0v) is 18.8. The quantitative estimate of drug-likeness (QED) is 0.285.